The molecule has 0 saturated carbocycles. The van der Waals surface area contributed by atoms with Gasteiger partial charge in [0, 0.05) is 5.69 Å². The molecular formula is C13H16N2. The maximum Gasteiger partial charge on any atom is 0.0651 e. The zero-order valence-electron chi connectivity index (χ0n) is 9.49. The molecule has 0 atom stereocenters. The Morgan fingerprint density at radius 3 is 2.60 bits per heavy atom. The highest BCUT2D eigenvalue weighted by Crippen LogP contribution is 2.13. The SMILES string of the molecule is CCc1cccc(-n2nc(C)cc2C)c1. The number of hydrogen-bond donors (Lipinski definition) is 0. The first kappa shape index (κ1) is 9.97. The molecule has 0 N–H and O–H groups in total. The second-order valence-corrected chi connectivity index (χ2v) is 3.86. The molecule has 0 aliphatic carbocycles. The quantitative estimate of drug-likeness (QED) is 0.728. The van der Waals surface area contributed by atoms with Crippen LogP contribution in [-0.2, 0) is 6.42 Å². The molecular weight excluding hydrogens is 184 g/mol. The van der Waals surface area contributed by atoms with Crippen LogP contribution in [0.4, 0.5) is 0 Å². The molecule has 2 aromatic rings. The average Bonchev–Trinajstić information content (AvgIpc) is 2.58. The number of aromatic nitrogens is 2. The highest BCUT2D eigenvalue weighted by molar-refractivity contribution is 5.37. The van der Waals surface area contributed by atoms with Crippen LogP contribution in [-0.4, -0.2) is 9.78 Å². The second-order valence-electron chi connectivity index (χ2n) is 3.86. The summed E-state index contributed by atoms with van der Waals surface area (Å²) in [5, 5.41) is 4.47. The first-order valence-corrected chi connectivity index (χ1v) is 5.33. The van der Waals surface area contributed by atoms with Gasteiger partial charge >= 0.3 is 0 Å². The minimum absolute atomic E-state index is 1.06. The molecule has 15 heavy (non-hydrogen) atoms. The van der Waals surface area contributed by atoms with E-state index in [2.05, 4.69) is 49.3 Å². The molecule has 2 rings (SSSR count). The Labute approximate surface area is 90.6 Å². The fourth-order valence-corrected chi connectivity index (χ4v) is 1.80. The zero-order chi connectivity index (χ0) is 10.8. The van der Waals surface area contributed by atoms with Gasteiger partial charge in [-0.3, -0.25) is 0 Å². The third kappa shape index (κ3) is 1.94. The van der Waals surface area contributed by atoms with Gasteiger partial charge in [-0.2, -0.15) is 5.10 Å². The fraction of sp³-hybridized carbons (Fsp3) is 0.308. The molecule has 0 radical (unpaired) electrons. The van der Waals surface area contributed by atoms with E-state index in [1.165, 1.54) is 11.3 Å². The van der Waals surface area contributed by atoms with E-state index in [0.717, 1.165) is 17.8 Å². The summed E-state index contributed by atoms with van der Waals surface area (Å²) in [4.78, 5) is 0. The lowest BCUT2D eigenvalue weighted by molar-refractivity contribution is 0.831. The van der Waals surface area contributed by atoms with Crippen LogP contribution >= 0.6 is 0 Å². The van der Waals surface area contributed by atoms with Gasteiger partial charge in [-0.05, 0) is 44.0 Å². The number of rotatable bonds is 2. The summed E-state index contributed by atoms with van der Waals surface area (Å²) in [5.74, 6) is 0. The Morgan fingerprint density at radius 2 is 2.00 bits per heavy atom. The minimum Gasteiger partial charge on any atom is -0.238 e. The van der Waals surface area contributed by atoms with E-state index in [1.54, 1.807) is 0 Å². The Balaban J connectivity index is 2.49. The molecule has 1 heterocycles. The van der Waals surface area contributed by atoms with Crippen LogP contribution in [0.1, 0.15) is 23.9 Å². The summed E-state index contributed by atoms with van der Waals surface area (Å²) in [5.41, 5.74) is 4.75. The van der Waals surface area contributed by atoms with E-state index in [9.17, 15) is 0 Å². The van der Waals surface area contributed by atoms with E-state index in [-0.39, 0.29) is 0 Å². The number of aryl methyl sites for hydroxylation is 3. The van der Waals surface area contributed by atoms with Crippen LogP contribution in [0.15, 0.2) is 30.3 Å². The first-order chi connectivity index (χ1) is 7.20. The zero-order valence-corrected chi connectivity index (χ0v) is 9.49. The summed E-state index contributed by atoms with van der Waals surface area (Å²) in [6.45, 7) is 6.27. The van der Waals surface area contributed by atoms with Crippen molar-refractivity contribution < 1.29 is 0 Å². The van der Waals surface area contributed by atoms with Gasteiger partial charge in [-0.15, -0.1) is 0 Å². The molecule has 0 spiro atoms. The van der Waals surface area contributed by atoms with Crippen LogP contribution in [0.25, 0.3) is 5.69 Å². The van der Waals surface area contributed by atoms with Crippen molar-refractivity contribution in [2.24, 2.45) is 0 Å². The predicted octanol–water partition coefficient (Wildman–Crippen LogP) is 3.05. The van der Waals surface area contributed by atoms with Crippen LogP contribution in [0.5, 0.6) is 0 Å². The summed E-state index contributed by atoms with van der Waals surface area (Å²) >= 11 is 0. The van der Waals surface area contributed by atoms with Gasteiger partial charge in [0.05, 0.1) is 11.4 Å². The lowest BCUT2D eigenvalue weighted by Gasteiger charge is -2.05. The summed E-state index contributed by atoms with van der Waals surface area (Å²) in [6, 6.07) is 10.6. The monoisotopic (exact) mass is 200 g/mol. The van der Waals surface area contributed by atoms with Gasteiger partial charge in [0.15, 0.2) is 0 Å². The van der Waals surface area contributed by atoms with E-state index in [4.69, 9.17) is 0 Å². The normalized spacial score (nSPS) is 10.6. The topological polar surface area (TPSA) is 17.8 Å². The van der Waals surface area contributed by atoms with E-state index >= 15 is 0 Å². The number of benzene rings is 1. The van der Waals surface area contributed by atoms with Gasteiger partial charge < -0.3 is 0 Å². The fourth-order valence-electron chi connectivity index (χ4n) is 1.80. The van der Waals surface area contributed by atoms with Crippen molar-refractivity contribution in [2.75, 3.05) is 0 Å². The maximum absolute atomic E-state index is 4.47. The van der Waals surface area contributed by atoms with Crippen LogP contribution in [0, 0.1) is 13.8 Å². The Hall–Kier alpha value is -1.57. The van der Waals surface area contributed by atoms with Crippen molar-refractivity contribution >= 4 is 0 Å². The molecule has 0 amide bonds. The lowest BCUT2D eigenvalue weighted by Crippen LogP contribution is -1.99. The molecule has 2 nitrogen and oxygen atoms in total. The van der Waals surface area contributed by atoms with Crippen LogP contribution in [0.2, 0.25) is 0 Å². The van der Waals surface area contributed by atoms with Crippen LogP contribution in [0.3, 0.4) is 0 Å². The molecule has 0 saturated heterocycles. The number of nitrogens with zero attached hydrogens (tertiary/aromatic N) is 2. The Bertz CT molecular complexity index is 469. The minimum atomic E-state index is 1.06. The summed E-state index contributed by atoms with van der Waals surface area (Å²) < 4.78 is 1.99. The Kier molecular flexibility index (Phi) is 2.58. The highest BCUT2D eigenvalue weighted by Gasteiger charge is 2.03. The van der Waals surface area contributed by atoms with Crippen LogP contribution < -0.4 is 0 Å². The van der Waals surface area contributed by atoms with Gasteiger partial charge in [0.1, 0.15) is 0 Å². The first-order valence-electron chi connectivity index (χ1n) is 5.33. The van der Waals surface area contributed by atoms with E-state index in [0.29, 0.717) is 0 Å². The molecule has 0 aliphatic rings. The standard InChI is InChI=1S/C13H16N2/c1-4-12-6-5-7-13(9-12)15-11(3)8-10(2)14-15/h5-9H,4H2,1-3H3. The highest BCUT2D eigenvalue weighted by atomic mass is 15.3. The Morgan fingerprint density at radius 1 is 1.20 bits per heavy atom. The van der Waals surface area contributed by atoms with Gasteiger partial charge in [0.25, 0.3) is 0 Å². The summed E-state index contributed by atoms with van der Waals surface area (Å²) in [6.07, 6.45) is 1.06. The van der Waals surface area contributed by atoms with Crippen molar-refractivity contribution in [1.29, 1.82) is 0 Å². The molecule has 0 fully saturated rings. The molecule has 2 heteroatoms. The van der Waals surface area contributed by atoms with Crippen molar-refractivity contribution in [1.82, 2.24) is 9.78 Å². The molecule has 1 aromatic heterocycles. The van der Waals surface area contributed by atoms with Gasteiger partial charge in [-0.1, -0.05) is 19.1 Å². The summed E-state index contributed by atoms with van der Waals surface area (Å²) in [7, 11) is 0. The average molecular weight is 200 g/mol. The largest absolute Gasteiger partial charge is 0.238 e. The van der Waals surface area contributed by atoms with Gasteiger partial charge in [0.2, 0.25) is 0 Å². The third-order valence-corrected chi connectivity index (χ3v) is 2.57. The molecule has 0 bridgehead atoms. The maximum atomic E-state index is 4.47. The lowest BCUT2D eigenvalue weighted by atomic mass is 10.1. The number of hydrogen-bond acceptors (Lipinski definition) is 1. The molecule has 1 aromatic carbocycles. The molecule has 0 aliphatic heterocycles. The van der Waals surface area contributed by atoms with Crippen molar-refractivity contribution in [3.63, 3.8) is 0 Å². The predicted molar refractivity (Wildman–Crippen MR) is 62.4 cm³/mol. The van der Waals surface area contributed by atoms with E-state index < -0.39 is 0 Å². The molecule has 78 valence electrons. The van der Waals surface area contributed by atoms with Crippen molar-refractivity contribution in [3.8, 4) is 5.69 Å². The third-order valence-electron chi connectivity index (χ3n) is 2.57. The van der Waals surface area contributed by atoms with Crippen molar-refractivity contribution in [3.05, 3.63) is 47.3 Å². The van der Waals surface area contributed by atoms with E-state index in [1.807, 2.05) is 11.6 Å². The smallest absolute Gasteiger partial charge is 0.0651 e. The van der Waals surface area contributed by atoms with Gasteiger partial charge in [-0.25, -0.2) is 4.68 Å². The van der Waals surface area contributed by atoms with Crippen molar-refractivity contribution in [2.45, 2.75) is 27.2 Å². The second kappa shape index (κ2) is 3.89. The molecule has 0 unspecified atom stereocenters.